The number of benzene rings is 1. The van der Waals surface area contributed by atoms with Gasteiger partial charge in [-0.25, -0.2) is 0 Å². The van der Waals surface area contributed by atoms with Gasteiger partial charge in [-0.15, -0.1) is 0 Å². The molecule has 6 heteroatoms. The molecule has 6 nitrogen and oxygen atoms in total. The Labute approximate surface area is 109 Å². The number of aliphatic carboxylic acids is 1. The normalized spacial score (nSPS) is 10.2. The van der Waals surface area contributed by atoms with Crippen molar-refractivity contribution >= 4 is 17.6 Å². The predicted octanol–water partition coefficient (Wildman–Crippen LogP) is 1.86. The van der Waals surface area contributed by atoms with Crippen molar-refractivity contribution in [3.63, 3.8) is 0 Å². The number of nitrogens with one attached hydrogen (secondary N) is 1. The third-order valence-corrected chi connectivity index (χ3v) is 2.42. The highest BCUT2D eigenvalue weighted by Crippen LogP contribution is 2.12. The zero-order valence-electron chi connectivity index (χ0n) is 10.2. The van der Waals surface area contributed by atoms with E-state index in [4.69, 9.17) is 9.63 Å². The van der Waals surface area contributed by atoms with Gasteiger partial charge >= 0.3 is 5.97 Å². The first-order valence-corrected chi connectivity index (χ1v) is 5.60. The Hall–Kier alpha value is -2.63. The van der Waals surface area contributed by atoms with E-state index >= 15 is 0 Å². The summed E-state index contributed by atoms with van der Waals surface area (Å²) in [5.41, 5.74) is 1.86. The topological polar surface area (TPSA) is 92.4 Å². The predicted molar refractivity (Wildman–Crippen MR) is 67.0 cm³/mol. The van der Waals surface area contributed by atoms with Crippen LogP contribution in [0.2, 0.25) is 0 Å². The average Bonchev–Trinajstić information content (AvgIpc) is 2.78. The molecule has 0 saturated heterocycles. The van der Waals surface area contributed by atoms with Crippen LogP contribution in [0.25, 0.3) is 0 Å². The first-order chi connectivity index (χ1) is 9.04. The molecule has 2 N–H and O–H groups in total. The first-order valence-electron chi connectivity index (χ1n) is 5.60. The summed E-state index contributed by atoms with van der Waals surface area (Å²) in [7, 11) is 0. The van der Waals surface area contributed by atoms with Crippen molar-refractivity contribution < 1.29 is 19.2 Å². The summed E-state index contributed by atoms with van der Waals surface area (Å²) in [5.74, 6) is -1.16. The highest BCUT2D eigenvalue weighted by atomic mass is 16.5. The van der Waals surface area contributed by atoms with E-state index in [2.05, 4.69) is 10.5 Å². The number of rotatable bonds is 4. The Morgan fingerprint density at radius 3 is 2.53 bits per heavy atom. The van der Waals surface area contributed by atoms with E-state index in [1.165, 1.54) is 6.07 Å². The summed E-state index contributed by atoms with van der Waals surface area (Å²) in [4.78, 5) is 22.3. The fourth-order valence-corrected chi connectivity index (χ4v) is 1.54. The Bertz CT molecular complexity index is 601. The maximum absolute atomic E-state index is 11.8. The van der Waals surface area contributed by atoms with Crippen molar-refractivity contribution in [2.24, 2.45) is 0 Å². The van der Waals surface area contributed by atoms with Crippen LogP contribution in [0.1, 0.15) is 21.8 Å². The summed E-state index contributed by atoms with van der Waals surface area (Å²) < 4.78 is 4.83. The van der Waals surface area contributed by atoms with Crippen molar-refractivity contribution in [2.75, 3.05) is 5.32 Å². The minimum Gasteiger partial charge on any atom is -0.481 e. The van der Waals surface area contributed by atoms with Crippen LogP contribution in [0.4, 0.5) is 5.69 Å². The van der Waals surface area contributed by atoms with Crippen molar-refractivity contribution in [1.29, 1.82) is 0 Å². The second kappa shape index (κ2) is 5.34. The molecule has 0 aliphatic rings. The number of amides is 1. The van der Waals surface area contributed by atoms with Gasteiger partial charge in [0, 0.05) is 11.8 Å². The number of hydrogen-bond donors (Lipinski definition) is 2. The molecule has 0 unspecified atom stereocenters. The van der Waals surface area contributed by atoms with Crippen LogP contribution in [0, 0.1) is 6.92 Å². The van der Waals surface area contributed by atoms with Crippen molar-refractivity contribution in [2.45, 2.75) is 13.3 Å². The summed E-state index contributed by atoms with van der Waals surface area (Å²) in [5, 5.41) is 14.9. The molecule has 2 aromatic rings. The van der Waals surface area contributed by atoms with E-state index in [1.54, 1.807) is 31.2 Å². The monoisotopic (exact) mass is 260 g/mol. The minimum atomic E-state index is -0.895. The van der Waals surface area contributed by atoms with Crippen LogP contribution in [0.3, 0.4) is 0 Å². The smallest absolute Gasteiger partial charge is 0.307 e. The molecular weight excluding hydrogens is 248 g/mol. The SMILES string of the molecule is Cc1cc(C(=O)Nc2ccc(CC(=O)O)cc2)on1. The van der Waals surface area contributed by atoms with Crippen LogP contribution in [-0.4, -0.2) is 22.1 Å². The molecule has 19 heavy (non-hydrogen) atoms. The summed E-state index contributed by atoms with van der Waals surface area (Å²) in [6.07, 6.45) is -0.0461. The number of anilines is 1. The van der Waals surface area contributed by atoms with E-state index in [0.717, 1.165) is 0 Å². The largest absolute Gasteiger partial charge is 0.481 e. The summed E-state index contributed by atoms with van der Waals surface area (Å²) >= 11 is 0. The Morgan fingerprint density at radius 1 is 1.32 bits per heavy atom. The molecule has 0 radical (unpaired) electrons. The molecule has 2 rings (SSSR count). The van der Waals surface area contributed by atoms with E-state index in [9.17, 15) is 9.59 Å². The van der Waals surface area contributed by atoms with Crippen LogP contribution >= 0.6 is 0 Å². The quantitative estimate of drug-likeness (QED) is 0.875. The maximum Gasteiger partial charge on any atom is 0.307 e. The second-order valence-electron chi connectivity index (χ2n) is 4.05. The standard InChI is InChI=1S/C13H12N2O4/c1-8-6-11(19-15-8)13(18)14-10-4-2-9(3-5-10)7-12(16)17/h2-6H,7H2,1H3,(H,14,18)(H,16,17). The molecule has 0 bridgehead atoms. The number of carboxylic acids is 1. The summed E-state index contributed by atoms with van der Waals surface area (Å²) in [6.45, 7) is 1.72. The molecule has 0 saturated carbocycles. The van der Waals surface area contributed by atoms with Gasteiger partial charge in [0.15, 0.2) is 0 Å². The van der Waals surface area contributed by atoms with Gasteiger partial charge < -0.3 is 14.9 Å². The Kier molecular flexibility index (Phi) is 3.61. The molecule has 1 aromatic carbocycles. The van der Waals surface area contributed by atoms with Crippen molar-refractivity contribution in [3.8, 4) is 0 Å². The van der Waals surface area contributed by atoms with Gasteiger partial charge in [0.05, 0.1) is 12.1 Å². The number of hydrogen-bond acceptors (Lipinski definition) is 4. The van der Waals surface area contributed by atoms with E-state index in [0.29, 0.717) is 16.9 Å². The lowest BCUT2D eigenvalue weighted by Gasteiger charge is -2.03. The van der Waals surface area contributed by atoms with Gasteiger partial charge in [-0.1, -0.05) is 17.3 Å². The maximum atomic E-state index is 11.8. The van der Waals surface area contributed by atoms with Crippen LogP contribution in [0.15, 0.2) is 34.9 Å². The Morgan fingerprint density at radius 2 is 2.00 bits per heavy atom. The van der Waals surface area contributed by atoms with Crippen molar-refractivity contribution in [1.82, 2.24) is 5.16 Å². The van der Waals surface area contributed by atoms with Gasteiger partial charge in [-0.2, -0.15) is 0 Å². The fraction of sp³-hybridized carbons (Fsp3) is 0.154. The van der Waals surface area contributed by atoms with Gasteiger partial charge in [0.25, 0.3) is 5.91 Å². The van der Waals surface area contributed by atoms with Gasteiger partial charge in [0.2, 0.25) is 5.76 Å². The highest BCUT2D eigenvalue weighted by Gasteiger charge is 2.11. The number of nitrogens with zero attached hydrogens (tertiary/aromatic N) is 1. The van der Waals surface area contributed by atoms with Crippen LogP contribution in [0.5, 0.6) is 0 Å². The van der Waals surface area contributed by atoms with E-state index in [-0.39, 0.29) is 12.2 Å². The lowest BCUT2D eigenvalue weighted by molar-refractivity contribution is -0.136. The molecule has 0 spiro atoms. The second-order valence-corrected chi connectivity index (χ2v) is 4.05. The number of aryl methyl sites for hydroxylation is 1. The van der Waals surface area contributed by atoms with Gasteiger partial charge in [-0.05, 0) is 24.6 Å². The van der Waals surface area contributed by atoms with Gasteiger partial charge in [0.1, 0.15) is 0 Å². The fourth-order valence-electron chi connectivity index (χ4n) is 1.54. The first kappa shape index (κ1) is 12.8. The molecule has 1 aromatic heterocycles. The number of aromatic nitrogens is 1. The zero-order chi connectivity index (χ0) is 13.8. The molecule has 0 atom stereocenters. The lowest BCUT2D eigenvalue weighted by Crippen LogP contribution is -2.11. The molecular formula is C13H12N2O4. The zero-order valence-corrected chi connectivity index (χ0v) is 10.2. The van der Waals surface area contributed by atoms with E-state index < -0.39 is 11.9 Å². The number of carboxylic acid groups (broad SMARTS) is 1. The number of carbonyl (C=O) groups excluding carboxylic acids is 1. The van der Waals surface area contributed by atoms with Gasteiger partial charge in [-0.3, -0.25) is 9.59 Å². The average molecular weight is 260 g/mol. The van der Waals surface area contributed by atoms with Crippen LogP contribution in [-0.2, 0) is 11.2 Å². The summed E-state index contributed by atoms with van der Waals surface area (Å²) in [6, 6.07) is 8.11. The molecule has 1 amide bonds. The Balaban J connectivity index is 2.03. The third kappa shape index (κ3) is 3.41. The lowest BCUT2D eigenvalue weighted by atomic mass is 10.1. The highest BCUT2D eigenvalue weighted by molar-refractivity contribution is 6.02. The number of carbonyl (C=O) groups is 2. The van der Waals surface area contributed by atoms with Crippen molar-refractivity contribution in [3.05, 3.63) is 47.3 Å². The molecule has 98 valence electrons. The van der Waals surface area contributed by atoms with E-state index in [1.807, 2.05) is 0 Å². The molecule has 1 heterocycles. The molecule has 0 aliphatic carbocycles. The minimum absolute atomic E-state index is 0.0461. The molecule has 0 fully saturated rings. The molecule has 0 aliphatic heterocycles. The third-order valence-electron chi connectivity index (χ3n) is 2.42. The van der Waals surface area contributed by atoms with Crippen LogP contribution < -0.4 is 5.32 Å².